The molecule has 0 bridgehead atoms. The molecule has 164 valence electrons. The monoisotopic (exact) mass is 418 g/mol. The van der Waals surface area contributed by atoms with Crippen molar-refractivity contribution in [1.82, 2.24) is 24.8 Å². The average Bonchev–Trinajstić information content (AvgIpc) is 3.20. The number of aromatic nitrogens is 3. The number of anilines is 1. The second kappa shape index (κ2) is 8.24. The highest BCUT2D eigenvalue weighted by atomic mass is 15.3. The quantitative estimate of drug-likeness (QED) is 0.692. The van der Waals surface area contributed by atoms with Crippen LogP contribution in [0, 0.1) is 12.8 Å². The van der Waals surface area contributed by atoms with Gasteiger partial charge in [-0.1, -0.05) is 19.1 Å². The molecule has 4 heterocycles. The van der Waals surface area contributed by atoms with Crippen LogP contribution in [0.25, 0.3) is 11.0 Å². The minimum Gasteiger partial charge on any atom is -0.367 e. The summed E-state index contributed by atoms with van der Waals surface area (Å²) in [5, 5.41) is 0. The van der Waals surface area contributed by atoms with Gasteiger partial charge in [0.1, 0.15) is 11.3 Å². The summed E-state index contributed by atoms with van der Waals surface area (Å²) in [6.45, 7) is 8.85. The molecule has 3 aromatic rings. The SMILES string of the molecule is Cc1cccnc1[C@@H]1C[C@H](C)C[C@H](c2nc3c(N4CCN(C)CC4)cccc3[nH]2)N1C. The first-order chi connectivity index (χ1) is 15.0. The highest BCUT2D eigenvalue weighted by molar-refractivity contribution is 5.89. The van der Waals surface area contributed by atoms with Crippen molar-refractivity contribution in [1.29, 1.82) is 0 Å². The summed E-state index contributed by atoms with van der Waals surface area (Å²) in [5.41, 5.74) is 5.99. The van der Waals surface area contributed by atoms with Crippen molar-refractivity contribution in [2.75, 3.05) is 45.2 Å². The average molecular weight is 419 g/mol. The molecule has 0 radical (unpaired) electrons. The number of imidazole rings is 1. The normalized spacial score (nSPS) is 25.9. The zero-order valence-corrected chi connectivity index (χ0v) is 19.2. The van der Waals surface area contributed by atoms with Gasteiger partial charge in [-0.2, -0.15) is 0 Å². The molecule has 0 spiro atoms. The molecule has 6 nitrogen and oxygen atoms in total. The molecule has 1 N–H and O–H groups in total. The Kier molecular flexibility index (Phi) is 5.44. The molecule has 5 rings (SSSR count). The van der Waals surface area contributed by atoms with Crippen LogP contribution in [-0.2, 0) is 0 Å². The van der Waals surface area contributed by atoms with E-state index in [1.807, 2.05) is 12.3 Å². The van der Waals surface area contributed by atoms with E-state index in [1.54, 1.807) is 0 Å². The van der Waals surface area contributed by atoms with Gasteiger partial charge in [-0.05, 0) is 63.5 Å². The summed E-state index contributed by atoms with van der Waals surface area (Å²) in [6, 6.07) is 11.3. The molecule has 2 aromatic heterocycles. The maximum atomic E-state index is 5.19. The molecule has 2 fully saturated rings. The van der Waals surface area contributed by atoms with E-state index in [0.29, 0.717) is 12.0 Å². The molecule has 2 saturated heterocycles. The highest BCUT2D eigenvalue weighted by Gasteiger charge is 2.36. The van der Waals surface area contributed by atoms with Crippen LogP contribution in [0.4, 0.5) is 5.69 Å². The smallest absolute Gasteiger partial charge is 0.124 e. The van der Waals surface area contributed by atoms with Crippen LogP contribution in [-0.4, -0.2) is 65.0 Å². The third-order valence-electron chi connectivity index (χ3n) is 7.27. The van der Waals surface area contributed by atoms with Gasteiger partial charge in [0.05, 0.1) is 29.0 Å². The molecule has 0 saturated carbocycles. The number of aryl methyl sites for hydroxylation is 1. The van der Waals surface area contributed by atoms with E-state index >= 15 is 0 Å². The van der Waals surface area contributed by atoms with Gasteiger partial charge in [0, 0.05) is 32.4 Å². The molecule has 1 aromatic carbocycles. The fraction of sp³-hybridized carbons (Fsp3) is 0.520. The molecule has 0 aliphatic carbocycles. The van der Waals surface area contributed by atoms with Crippen LogP contribution >= 0.6 is 0 Å². The Morgan fingerprint density at radius 1 is 0.968 bits per heavy atom. The van der Waals surface area contributed by atoms with E-state index in [9.17, 15) is 0 Å². The Hall–Kier alpha value is -2.44. The van der Waals surface area contributed by atoms with Crippen molar-refractivity contribution in [2.24, 2.45) is 5.92 Å². The van der Waals surface area contributed by atoms with Gasteiger partial charge in [-0.15, -0.1) is 0 Å². The number of piperazine rings is 1. The number of hydrogen-bond acceptors (Lipinski definition) is 5. The van der Waals surface area contributed by atoms with Gasteiger partial charge in [0.15, 0.2) is 0 Å². The number of nitrogens with one attached hydrogen (secondary N) is 1. The number of para-hydroxylation sites is 1. The second-order valence-corrected chi connectivity index (χ2v) is 9.56. The fourth-order valence-electron chi connectivity index (χ4n) is 5.36. The summed E-state index contributed by atoms with van der Waals surface area (Å²) in [7, 11) is 4.44. The van der Waals surface area contributed by atoms with Crippen LogP contribution in [0.2, 0.25) is 0 Å². The predicted molar refractivity (Wildman–Crippen MR) is 126 cm³/mol. The number of aromatic amines is 1. The molecular formula is C25H34N6. The number of rotatable bonds is 3. The maximum absolute atomic E-state index is 5.19. The molecule has 3 atom stereocenters. The number of likely N-dealkylation sites (N-methyl/N-ethyl adjacent to an activating group) is 1. The van der Waals surface area contributed by atoms with Crippen molar-refractivity contribution >= 4 is 16.7 Å². The lowest BCUT2D eigenvalue weighted by Crippen LogP contribution is -2.44. The third-order valence-corrected chi connectivity index (χ3v) is 7.27. The summed E-state index contributed by atoms with van der Waals surface area (Å²) < 4.78 is 0. The Labute approximate surface area is 185 Å². The summed E-state index contributed by atoms with van der Waals surface area (Å²) in [5.74, 6) is 1.71. The Balaban J connectivity index is 1.48. The minimum atomic E-state index is 0.267. The van der Waals surface area contributed by atoms with Gasteiger partial charge in [0.25, 0.3) is 0 Å². The van der Waals surface area contributed by atoms with Gasteiger partial charge < -0.3 is 14.8 Å². The van der Waals surface area contributed by atoms with E-state index in [4.69, 9.17) is 9.97 Å². The standard InChI is InChI=1S/C25H34N6/c1-17-15-21(23-18(2)7-6-10-26-23)30(4)22(16-17)25-27-19-8-5-9-20(24(19)28-25)31-13-11-29(3)12-14-31/h5-10,17,21-22H,11-16H2,1-4H3,(H,27,28)/t17-,21-,22+/m0/s1. The molecule has 31 heavy (non-hydrogen) atoms. The van der Waals surface area contributed by atoms with E-state index in [0.717, 1.165) is 55.9 Å². The molecular weight excluding hydrogens is 384 g/mol. The number of nitrogens with zero attached hydrogens (tertiary/aromatic N) is 5. The number of H-pyrrole nitrogens is 1. The number of pyridine rings is 1. The van der Waals surface area contributed by atoms with Gasteiger partial charge >= 0.3 is 0 Å². The molecule has 0 amide bonds. The highest BCUT2D eigenvalue weighted by Crippen LogP contribution is 2.43. The third kappa shape index (κ3) is 3.83. The van der Waals surface area contributed by atoms with E-state index in [2.05, 4.69) is 71.9 Å². The lowest BCUT2D eigenvalue weighted by molar-refractivity contribution is 0.0756. The van der Waals surface area contributed by atoms with Crippen LogP contribution in [0.15, 0.2) is 36.5 Å². The number of hydrogen-bond donors (Lipinski definition) is 1. The van der Waals surface area contributed by atoms with Crippen LogP contribution in [0.3, 0.4) is 0 Å². The molecule has 6 heteroatoms. The summed E-state index contributed by atoms with van der Waals surface area (Å²) in [4.78, 5) is 21.0. The summed E-state index contributed by atoms with van der Waals surface area (Å²) in [6.07, 6.45) is 4.17. The van der Waals surface area contributed by atoms with Crippen molar-refractivity contribution in [2.45, 2.75) is 38.8 Å². The van der Waals surface area contributed by atoms with Crippen molar-refractivity contribution in [3.63, 3.8) is 0 Å². The minimum absolute atomic E-state index is 0.267. The number of piperidine rings is 1. The zero-order valence-electron chi connectivity index (χ0n) is 19.2. The Bertz CT molecular complexity index is 1050. The van der Waals surface area contributed by atoms with Crippen molar-refractivity contribution < 1.29 is 0 Å². The van der Waals surface area contributed by atoms with E-state index in [-0.39, 0.29) is 6.04 Å². The number of benzene rings is 1. The van der Waals surface area contributed by atoms with Gasteiger partial charge in [0.2, 0.25) is 0 Å². The number of fused-ring (bicyclic) bond motifs is 1. The zero-order chi connectivity index (χ0) is 21.5. The van der Waals surface area contributed by atoms with Crippen LogP contribution in [0.1, 0.15) is 48.9 Å². The molecule has 0 unspecified atom stereocenters. The molecule has 2 aliphatic heterocycles. The van der Waals surface area contributed by atoms with Crippen LogP contribution in [0.5, 0.6) is 0 Å². The number of likely N-dealkylation sites (tertiary alicyclic amines) is 1. The molecule has 2 aliphatic rings. The van der Waals surface area contributed by atoms with Gasteiger partial charge in [-0.3, -0.25) is 9.88 Å². The van der Waals surface area contributed by atoms with Crippen molar-refractivity contribution in [3.8, 4) is 0 Å². The van der Waals surface area contributed by atoms with Crippen molar-refractivity contribution in [3.05, 3.63) is 53.6 Å². The van der Waals surface area contributed by atoms with E-state index in [1.165, 1.54) is 16.9 Å². The predicted octanol–water partition coefficient (Wildman–Crippen LogP) is 4.16. The van der Waals surface area contributed by atoms with E-state index < -0.39 is 0 Å². The first kappa shape index (κ1) is 20.5. The fourth-order valence-corrected chi connectivity index (χ4v) is 5.36. The summed E-state index contributed by atoms with van der Waals surface area (Å²) >= 11 is 0. The Morgan fingerprint density at radius 2 is 1.74 bits per heavy atom. The lowest BCUT2D eigenvalue weighted by Gasteiger charge is -2.41. The maximum Gasteiger partial charge on any atom is 0.124 e. The van der Waals surface area contributed by atoms with Crippen LogP contribution < -0.4 is 4.90 Å². The van der Waals surface area contributed by atoms with Gasteiger partial charge in [-0.25, -0.2) is 4.98 Å². The second-order valence-electron chi connectivity index (χ2n) is 9.56. The first-order valence-electron chi connectivity index (χ1n) is 11.6. The topological polar surface area (TPSA) is 51.3 Å². The lowest BCUT2D eigenvalue weighted by atomic mass is 9.85. The Morgan fingerprint density at radius 3 is 2.52 bits per heavy atom. The first-order valence-corrected chi connectivity index (χ1v) is 11.6. The largest absolute Gasteiger partial charge is 0.367 e.